The molecule has 2 N–H and O–H groups in total. The van der Waals surface area contributed by atoms with Gasteiger partial charge in [0, 0.05) is 18.2 Å². The molecule has 25 heavy (non-hydrogen) atoms. The summed E-state index contributed by atoms with van der Waals surface area (Å²) in [5, 5.41) is 5.57. The van der Waals surface area contributed by atoms with Gasteiger partial charge in [0.1, 0.15) is 5.75 Å². The van der Waals surface area contributed by atoms with Gasteiger partial charge >= 0.3 is 0 Å². The minimum absolute atomic E-state index is 0.0446. The Kier molecular flexibility index (Phi) is 5.47. The minimum Gasteiger partial charge on any atom is -0.495 e. The molecule has 0 radical (unpaired) electrons. The molecule has 0 fully saturated rings. The fraction of sp³-hybridized carbons (Fsp3) is 0.300. The van der Waals surface area contributed by atoms with E-state index < -0.39 is 0 Å². The highest BCUT2D eigenvalue weighted by molar-refractivity contribution is 6.06. The number of anilines is 2. The highest BCUT2D eigenvalue weighted by atomic mass is 16.5. The predicted molar refractivity (Wildman–Crippen MR) is 100 cm³/mol. The molecule has 5 nitrogen and oxygen atoms in total. The zero-order valence-electron chi connectivity index (χ0n) is 15.3. The predicted octanol–water partition coefficient (Wildman–Crippen LogP) is 4.20. The quantitative estimate of drug-likeness (QED) is 0.876. The van der Waals surface area contributed by atoms with Crippen LogP contribution in [0.5, 0.6) is 5.75 Å². The maximum Gasteiger partial charge on any atom is 0.255 e. The molecule has 0 spiro atoms. The van der Waals surface area contributed by atoms with Gasteiger partial charge in [-0.2, -0.15) is 0 Å². The number of carbonyl (C=O) groups excluding carboxylic acids is 2. The Morgan fingerprint density at radius 3 is 2.32 bits per heavy atom. The summed E-state index contributed by atoms with van der Waals surface area (Å²) < 4.78 is 5.35. The standard InChI is InChI=1S/C20H24N2O3/c1-13(23)21-16-8-6-7-14(11-16)19(24)22-17-12-15(20(2,3)4)9-10-18(17)25-5/h6-12H,1-5H3,(H,21,23)(H,22,24). The minimum atomic E-state index is -0.267. The summed E-state index contributed by atoms with van der Waals surface area (Å²) in [6.07, 6.45) is 0. The van der Waals surface area contributed by atoms with Crippen molar-refractivity contribution in [3.63, 3.8) is 0 Å². The number of hydrogen-bond donors (Lipinski definition) is 2. The number of ether oxygens (including phenoxy) is 1. The molecule has 132 valence electrons. The van der Waals surface area contributed by atoms with E-state index >= 15 is 0 Å². The van der Waals surface area contributed by atoms with Crippen LogP contribution in [0.4, 0.5) is 11.4 Å². The van der Waals surface area contributed by atoms with Gasteiger partial charge in [-0.1, -0.05) is 32.9 Å². The van der Waals surface area contributed by atoms with Gasteiger partial charge in [-0.25, -0.2) is 0 Å². The van der Waals surface area contributed by atoms with E-state index in [2.05, 4.69) is 31.4 Å². The smallest absolute Gasteiger partial charge is 0.255 e. The average Bonchev–Trinajstić information content (AvgIpc) is 2.53. The number of methoxy groups -OCH3 is 1. The Morgan fingerprint density at radius 1 is 1.00 bits per heavy atom. The molecule has 0 saturated heterocycles. The summed E-state index contributed by atoms with van der Waals surface area (Å²) in [7, 11) is 1.57. The first-order valence-corrected chi connectivity index (χ1v) is 8.08. The third kappa shape index (κ3) is 4.83. The first-order valence-electron chi connectivity index (χ1n) is 8.08. The van der Waals surface area contributed by atoms with E-state index in [9.17, 15) is 9.59 Å². The molecule has 2 aromatic carbocycles. The van der Waals surface area contributed by atoms with Crippen LogP contribution in [-0.4, -0.2) is 18.9 Å². The fourth-order valence-electron chi connectivity index (χ4n) is 2.41. The van der Waals surface area contributed by atoms with Crippen LogP contribution in [0.2, 0.25) is 0 Å². The van der Waals surface area contributed by atoms with Crippen molar-refractivity contribution >= 4 is 23.2 Å². The Balaban J connectivity index is 2.29. The zero-order chi connectivity index (χ0) is 18.6. The van der Waals surface area contributed by atoms with Gasteiger partial charge in [-0.3, -0.25) is 9.59 Å². The molecule has 2 amide bonds. The second kappa shape index (κ2) is 7.38. The van der Waals surface area contributed by atoms with Crippen LogP contribution in [0.3, 0.4) is 0 Å². The van der Waals surface area contributed by atoms with Crippen LogP contribution < -0.4 is 15.4 Å². The molecule has 2 aromatic rings. The van der Waals surface area contributed by atoms with Crippen LogP contribution in [0, 0.1) is 0 Å². The molecule has 0 unspecified atom stereocenters. The van der Waals surface area contributed by atoms with Gasteiger partial charge in [0.2, 0.25) is 5.91 Å². The summed E-state index contributed by atoms with van der Waals surface area (Å²) in [4.78, 5) is 23.8. The third-order valence-corrected chi connectivity index (χ3v) is 3.76. The van der Waals surface area contributed by atoms with Gasteiger partial charge in [0.05, 0.1) is 12.8 Å². The van der Waals surface area contributed by atoms with E-state index in [-0.39, 0.29) is 17.2 Å². The first-order chi connectivity index (χ1) is 11.7. The van der Waals surface area contributed by atoms with Crippen LogP contribution in [0.25, 0.3) is 0 Å². The van der Waals surface area contributed by atoms with Gasteiger partial charge in [-0.05, 0) is 41.3 Å². The summed E-state index contributed by atoms with van der Waals surface area (Å²) in [6.45, 7) is 7.75. The largest absolute Gasteiger partial charge is 0.495 e. The Bertz CT molecular complexity index is 792. The topological polar surface area (TPSA) is 67.4 Å². The van der Waals surface area contributed by atoms with Crippen molar-refractivity contribution in [3.8, 4) is 5.75 Å². The molecular formula is C20H24N2O3. The van der Waals surface area contributed by atoms with E-state index in [1.165, 1.54) is 6.92 Å². The maximum absolute atomic E-state index is 12.6. The van der Waals surface area contributed by atoms with Crippen LogP contribution in [0.1, 0.15) is 43.6 Å². The highest BCUT2D eigenvalue weighted by Crippen LogP contribution is 2.31. The van der Waals surface area contributed by atoms with Gasteiger partial charge in [0.25, 0.3) is 5.91 Å². The van der Waals surface area contributed by atoms with Crippen molar-refractivity contribution < 1.29 is 14.3 Å². The lowest BCUT2D eigenvalue weighted by Crippen LogP contribution is -2.16. The Morgan fingerprint density at radius 2 is 1.72 bits per heavy atom. The van der Waals surface area contributed by atoms with E-state index in [0.717, 1.165) is 5.56 Å². The van der Waals surface area contributed by atoms with Crippen LogP contribution in [0.15, 0.2) is 42.5 Å². The number of hydrogen-bond acceptors (Lipinski definition) is 3. The van der Waals surface area contributed by atoms with Crippen molar-refractivity contribution in [2.24, 2.45) is 0 Å². The molecule has 0 aromatic heterocycles. The number of amides is 2. The van der Waals surface area contributed by atoms with Crippen molar-refractivity contribution in [1.29, 1.82) is 0 Å². The summed E-state index contributed by atoms with van der Waals surface area (Å²) in [6, 6.07) is 12.6. The van der Waals surface area contributed by atoms with E-state index in [1.807, 2.05) is 18.2 Å². The van der Waals surface area contributed by atoms with Crippen molar-refractivity contribution in [1.82, 2.24) is 0 Å². The lowest BCUT2D eigenvalue weighted by molar-refractivity contribution is -0.114. The molecule has 0 atom stereocenters. The molecule has 0 aliphatic carbocycles. The number of carbonyl (C=O) groups is 2. The zero-order valence-corrected chi connectivity index (χ0v) is 15.3. The molecule has 0 aliphatic heterocycles. The molecule has 5 heteroatoms. The summed E-state index contributed by atoms with van der Waals surface area (Å²) >= 11 is 0. The fourth-order valence-corrected chi connectivity index (χ4v) is 2.41. The number of rotatable bonds is 4. The highest BCUT2D eigenvalue weighted by Gasteiger charge is 2.17. The van der Waals surface area contributed by atoms with Gasteiger partial charge in [-0.15, -0.1) is 0 Å². The SMILES string of the molecule is COc1ccc(C(C)(C)C)cc1NC(=O)c1cccc(NC(C)=O)c1. The Hall–Kier alpha value is -2.82. The number of benzene rings is 2. The monoisotopic (exact) mass is 340 g/mol. The van der Waals surface area contributed by atoms with E-state index in [0.29, 0.717) is 22.7 Å². The van der Waals surface area contributed by atoms with Crippen LogP contribution >= 0.6 is 0 Å². The van der Waals surface area contributed by atoms with Gasteiger partial charge < -0.3 is 15.4 Å². The first kappa shape index (κ1) is 18.5. The summed E-state index contributed by atoms with van der Waals surface area (Å²) in [5.41, 5.74) is 2.70. The lowest BCUT2D eigenvalue weighted by atomic mass is 9.87. The van der Waals surface area contributed by atoms with E-state index in [1.54, 1.807) is 31.4 Å². The number of nitrogens with one attached hydrogen (secondary N) is 2. The van der Waals surface area contributed by atoms with Crippen molar-refractivity contribution in [2.45, 2.75) is 33.1 Å². The molecule has 0 saturated carbocycles. The molecule has 0 heterocycles. The second-order valence-corrected chi connectivity index (χ2v) is 6.88. The van der Waals surface area contributed by atoms with Crippen molar-refractivity contribution in [3.05, 3.63) is 53.6 Å². The average molecular weight is 340 g/mol. The molecular weight excluding hydrogens is 316 g/mol. The lowest BCUT2D eigenvalue weighted by Gasteiger charge is -2.21. The second-order valence-electron chi connectivity index (χ2n) is 6.88. The molecule has 0 bridgehead atoms. The Labute approximate surface area is 148 Å². The normalized spacial score (nSPS) is 10.9. The van der Waals surface area contributed by atoms with Gasteiger partial charge in [0.15, 0.2) is 0 Å². The molecule has 0 aliphatic rings. The van der Waals surface area contributed by atoms with Crippen LogP contribution in [-0.2, 0) is 10.2 Å². The van der Waals surface area contributed by atoms with E-state index in [4.69, 9.17) is 4.74 Å². The van der Waals surface area contributed by atoms with Crippen molar-refractivity contribution in [2.75, 3.05) is 17.7 Å². The third-order valence-electron chi connectivity index (χ3n) is 3.76. The molecule has 2 rings (SSSR count). The maximum atomic E-state index is 12.6. The summed E-state index contributed by atoms with van der Waals surface area (Å²) in [5.74, 6) is 0.146.